The fourth-order valence-corrected chi connectivity index (χ4v) is 2.49. The van der Waals surface area contributed by atoms with E-state index in [-0.39, 0.29) is 12.5 Å². The zero-order valence-electron chi connectivity index (χ0n) is 10.3. The summed E-state index contributed by atoms with van der Waals surface area (Å²) in [5, 5.41) is 6.97. The van der Waals surface area contributed by atoms with E-state index in [9.17, 15) is 4.79 Å². The lowest BCUT2D eigenvalue weighted by molar-refractivity contribution is -0.117. The number of nitrogens with zero attached hydrogens (tertiary/aromatic N) is 2. The highest BCUT2D eigenvalue weighted by Crippen LogP contribution is 2.53. The van der Waals surface area contributed by atoms with Gasteiger partial charge in [-0.25, -0.2) is 0 Å². The molecule has 0 aromatic carbocycles. The summed E-state index contributed by atoms with van der Waals surface area (Å²) < 4.78 is 5.21. The summed E-state index contributed by atoms with van der Waals surface area (Å²) in [6.45, 7) is 0.532. The van der Waals surface area contributed by atoms with Gasteiger partial charge in [0.15, 0.2) is 5.82 Å². The Morgan fingerprint density at radius 3 is 2.61 bits per heavy atom. The van der Waals surface area contributed by atoms with Crippen LogP contribution in [0.25, 0.3) is 0 Å². The van der Waals surface area contributed by atoms with Crippen molar-refractivity contribution in [3.05, 3.63) is 11.7 Å². The number of hydrogen-bond acceptors (Lipinski definition) is 5. The van der Waals surface area contributed by atoms with E-state index in [1.807, 2.05) is 0 Å². The summed E-state index contributed by atoms with van der Waals surface area (Å²) in [6, 6.07) is 0. The van der Waals surface area contributed by atoms with Crippen LogP contribution >= 0.6 is 0 Å². The van der Waals surface area contributed by atoms with Crippen LogP contribution in [0, 0.1) is 11.8 Å². The monoisotopic (exact) mass is 250 g/mol. The molecule has 0 unspecified atom stereocenters. The normalized spacial score (nSPS) is 19.4. The first-order valence-electron chi connectivity index (χ1n) is 6.55. The number of amides is 1. The molecule has 3 rings (SSSR count). The van der Waals surface area contributed by atoms with Gasteiger partial charge in [0.1, 0.15) is 0 Å². The standard InChI is InChI=1S/C12H18N4O2/c13-9(17)5-14-6-10-15-12(16-18-10)11(7-1-2-7)8-3-4-8/h7-8,11,14H,1-6H2,(H2,13,17). The summed E-state index contributed by atoms with van der Waals surface area (Å²) in [6.07, 6.45) is 5.19. The second-order valence-electron chi connectivity index (χ2n) is 5.32. The van der Waals surface area contributed by atoms with E-state index in [1.54, 1.807) is 0 Å². The molecule has 1 heterocycles. The van der Waals surface area contributed by atoms with Crippen molar-refractivity contribution in [1.82, 2.24) is 15.5 Å². The Bertz CT molecular complexity index is 425. The van der Waals surface area contributed by atoms with Crippen LogP contribution in [-0.2, 0) is 11.3 Å². The molecule has 0 atom stereocenters. The maximum Gasteiger partial charge on any atom is 0.240 e. The first kappa shape index (κ1) is 11.6. The highest BCUT2D eigenvalue weighted by Gasteiger charge is 2.44. The highest BCUT2D eigenvalue weighted by atomic mass is 16.5. The van der Waals surface area contributed by atoms with Crippen molar-refractivity contribution in [1.29, 1.82) is 0 Å². The number of hydrogen-bond donors (Lipinski definition) is 2. The third-order valence-electron chi connectivity index (χ3n) is 3.62. The van der Waals surface area contributed by atoms with Gasteiger partial charge in [0.25, 0.3) is 0 Å². The van der Waals surface area contributed by atoms with Gasteiger partial charge in [-0.3, -0.25) is 10.1 Å². The molecule has 0 bridgehead atoms. The molecule has 6 heteroatoms. The van der Waals surface area contributed by atoms with Crippen molar-refractivity contribution in [2.24, 2.45) is 17.6 Å². The van der Waals surface area contributed by atoms with Crippen molar-refractivity contribution < 1.29 is 9.32 Å². The predicted molar refractivity (Wildman–Crippen MR) is 63.4 cm³/mol. The fraction of sp³-hybridized carbons (Fsp3) is 0.750. The number of nitrogens with one attached hydrogen (secondary N) is 1. The molecule has 2 fully saturated rings. The average molecular weight is 250 g/mol. The van der Waals surface area contributed by atoms with Crippen LogP contribution < -0.4 is 11.1 Å². The molecule has 0 aliphatic heterocycles. The van der Waals surface area contributed by atoms with Crippen LogP contribution in [0.5, 0.6) is 0 Å². The molecule has 6 nitrogen and oxygen atoms in total. The molecule has 18 heavy (non-hydrogen) atoms. The Labute approximate surface area is 105 Å². The van der Waals surface area contributed by atoms with Crippen LogP contribution in [0.3, 0.4) is 0 Å². The van der Waals surface area contributed by atoms with E-state index < -0.39 is 0 Å². The summed E-state index contributed by atoms with van der Waals surface area (Å²) in [5.41, 5.74) is 5.04. The molecule has 0 radical (unpaired) electrons. The first-order chi connectivity index (χ1) is 8.74. The summed E-state index contributed by atoms with van der Waals surface area (Å²) >= 11 is 0. The Morgan fingerprint density at radius 2 is 2.06 bits per heavy atom. The van der Waals surface area contributed by atoms with Gasteiger partial charge in [-0.1, -0.05) is 5.16 Å². The van der Waals surface area contributed by atoms with Gasteiger partial charge in [0.05, 0.1) is 13.1 Å². The molecule has 2 saturated carbocycles. The van der Waals surface area contributed by atoms with Crippen molar-refractivity contribution in [3.63, 3.8) is 0 Å². The topological polar surface area (TPSA) is 94.0 Å². The molecule has 2 aliphatic rings. The van der Waals surface area contributed by atoms with Gasteiger partial charge in [0, 0.05) is 5.92 Å². The third-order valence-corrected chi connectivity index (χ3v) is 3.62. The van der Waals surface area contributed by atoms with Crippen LogP contribution in [0.1, 0.15) is 43.3 Å². The van der Waals surface area contributed by atoms with E-state index in [2.05, 4.69) is 15.5 Å². The lowest BCUT2D eigenvalue weighted by atomic mass is 9.97. The highest BCUT2D eigenvalue weighted by molar-refractivity contribution is 5.75. The minimum absolute atomic E-state index is 0.131. The van der Waals surface area contributed by atoms with Crippen molar-refractivity contribution in [3.8, 4) is 0 Å². The quantitative estimate of drug-likeness (QED) is 0.737. The number of aromatic nitrogens is 2. The third kappa shape index (κ3) is 2.69. The van der Waals surface area contributed by atoms with Crippen LogP contribution in [0.15, 0.2) is 4.52 Å². The van der Waals surface area contributed by atoms with E-state index in [0.717, 1.165) is 17.7 Å². The van der Waals surface area contributed by atoms with Gasteiger partial charge >= 0.3 is 0 Å². The lowest BCUT2D eigenvalue weighted by Crippen LogP contribution is -2.28. The Kier molecular flexibility index (Phi) is 3.03. The van der Waals surface area contributed by atoms with Crippen molar-refractivity contribution in [2.45, 2.75) is 38.1 Å². The molecule has 98 valence electrons. The van der Waals surface area contributed by atoms with Gasteiger partial charge in [-0.05, 0) is 37.5 Å². The average Bonchev–Trinajstić information content (AvgIpc) is 3.21. The Balaban J connectivity index is 1.59. The predicted octanol–water partition coefficient (Wildman–Crippen LogP) is 0.548. The molecule has 1 amide bonds. The zero-order chi connectivity index (χ0) is 12.5. The van der Waals surface area contributed by atoms with Gasteiger partial charge in [-0.2, -0.15) is 4.98 Å². The summed E-state index contributed by atoms with van der Waals surface area (Å²) in [7, 11) is 0. The van der Waals surface area contributed by atoms with E-state index in [4.69, 9.17) is 10.3 Å². The number of primary amides is 1. The summed E-state index contributed by atoms with van der Waals surface area (Å²) in [4.78, 5) is 15.0. The SMILES string of the molecule is NC(=O)CNCc1nc(C(C2CC2)C2CC2)no1. The van der Waals surface area contributed by atoms with Crippen LogP contribution in [-0.4, -0.2) is 22.6 Å². The van der Waals surface area contributed by atoms with Gasteiger partial charge in [-0.15, -0.1) is 0 Å². The maximum atomic E-state index is 10.6. The lowest BCUT2D eigenvalue weighted by Gasteiger charge is -2.08. The molecule has 3 N–H and O–H groups in total. The van der Waals surface area contributed by atoms with Gasteiger partial charge in [0.2, 0.25) is 11.8 Å². The van der Waals surface area contributed by atoms with Gasteiger partial charge < -0.3 is 10.3 Å². The minimum atomic E-state index is -0.386. The Hall–Kier alpha value is -1.43. The van der Waals surface area contributed by atoms with E-state index in [1.165, 1.54) is 25.7 Å². The molecular weight excluding hydrogens is 232 g/mol. The maximum absolute atomic E-state index is 10.6. The molecule has 2 aliphatic carbocycles. The zero-order valence-corrected chi connectivity index (χ0v) is 10.3. The molecule has 1 aromatic heterocycles. The number of rotatable bonds is 7. The largest absolute Gasteiger partial charge is 0.369 e. The van der Waals surface area contributed by atoms with Crippen molar-refractivity contribution >= 4 is 5.91 Å². The number of carbonyl (C=O) groups excluding carboxylic acids is 1. The molecule has 0 spiro atoms. The van der Waals surface area contributed by atoms with Crippen LogP contribution in [0.2, 0.25) is 0 Å². The van der Waals surface area contributed by atoms with E-state index in [0.29, 0.717) is 18.4 Å². The molecule has 0 saturated heterocycles. The second kappa shape index (κ2) is 4.68. The molecular formula is C12H18N4O2. The van der Waals surface area contributed by atoms with Crippen molar-refractivity contribution in [2.75, 3.05) is 6.54 Å². The smallest absolute Gasteiger partial charge is 0.240 e. The van der Waals surface area contributed by atoms with E-state index >= 15 is 0 Å². The van der Waals surface area contributed by atoms with Crippen LogP contribution in [0.4, 0.5) is 0 Å². The molecule has 1 aromatic rings. The fourth-order valence-electron chi connectivity index (χ4n) is 2.49. The Morgan fingerprint density at radius 1 is 1.39 bits per heavy atom. The first-order valence-corrected chi connectivity index (χ1v) is 6.55. The number of carbonyl (C=O) groups is 1. The second-order valence-corrected chi connectivity index (χ2v) is 5.32. The summed E-state index contributed by atoms with van der Waals surface area (Å²) in [5.74, 6) is 3.04. The number of nitrogens with two attached hydrogens (primary N) is 1. The minimum Gasteiger partial charge on any atom is -0.369 e.